The van der Waals surface area contributed by atoms with Crippen LogP contribution in [0.15, 0.2) is 42.5 Å². The molecule has 1 fully saturated rings. The number of Topliss-reactive ketones (excluding diaryl/α,β-unsaturated/α-hetero) is 3. The fourth-order valence-corrected chi connectivity index (χ4v) is 6.40. The summed E-state index contributed by atoms with van der Waals surface area (Å²) in [6.07, 6.45) is 2.21. The third-order valence-electron chi connectivity index (χ3n) is 8.16. The van der Waals surface area contributed by atoms with E-state index < -0.39 is 5.41 Å². The van der Waals surface area contributed by atoms with Crippen molar-refractivity contribution in [1.29, 1.82) is 0 Å². The number of rotatable bonds is 16. The van der Waals surface area contributed by atoms with Gasteiger partial charge in [0.2, 0.25) is 0 Å². The van der Waals surface area contributed by atoms with Crippen LogP contribution in [0, 0.1) is 16.7 Å². The SMILES string of the molecule is CCOc1cc([C@@H](C)C(CCOCc2ccccc2)C(=O)CC2(C(C)=O)CC(C)(C)C2)cc(OCC)c1C(C)=O. The minimum atomic E-state index is -0.588. The van der Waals surface area contributed by atoms with Crippen molar-refractivity contribution < 1.29 is 28.6 Å². The maximum atomic E-state index is 14.0. The van der Waals surface area contributed by atoms with E-state index in [9.17, 15) is 14.4 Å². The fraction of sp³-hybridized carbons (Fsp3) is 0.559. The van der Waals surface area contributed by atoms with Gasteiger partial charge in [-0.2, -0.15) is 0 Å². The van der Waals surface area contributed by atoms with E-state index >= 15 is 0 Å². The zero-order valence-corrected chi connectivity index (χ0v) is 25.3. The third-order valence-corrected chi connectivity index (χ3v) is 8.16. The van der Waals surface area contributed by atoms with Crippen LogP contribution < -0.4 is 9.47 Å². The number of carbonyl (C=O) groups excluding carboxylic acids is 3. The minimum Gasteiger partial charge on any atom is -0.493 e. The van der Waals surface area contributed by atoms with Gasteiger partial charge in [-0.15, -0.1) is 0 Å². The summed E-state index contributed by atoms with van der Waals surface area (Å²) in [6.45, 7) is 14.9. The first-order valence-corrected chi connectivity index (χ1v) is 14.5. The Kier molecular flexibility index (Phi) is 10.7. The van der Waals surface area contributed by atoms with Crippen molar-refractivity contribution in [3.05, 3.63) is 59.2 Å². The minimum absolute atomic E-state index is 0.0627. The van der Waals surface area contributed by atoms with E-state index in [0.717, 1.165) is 24.0 Å². The van der Waals surface area contributed by atoms with E-state index in [-0.39, 0.29) is 41.0 Å². The number of ether oxygens (including phenoxy) is 3. The molecule has 6 heteroatoms. The lowest BCUT2D eigenvalue weighted by Crippen LogP contribution is -2.49. The van der Waals surface area contributed by atoms with Crippen LogP contribution in [0.25, 0.3) is 0 Å². The first-order chi connectivity index (χ1) is 18.9. The number of hydrogen-bond donors (Lipinski definition) is 0. The van der Waals surface area contributed by atoms with Gasteiger partial charge in [-0.1, -0.05) is 51.1 Å². The molecule has 2 atom stereocenters. The first kappa shape index (κ1) is 31.5. The van der Waals surface area contributed by atoms with E-state index in [0.29, 0.717) is 49.9 Å². The third kappa shape index (κ3) is 7.60. The Morgan fingerprint density at radius 1 is 0.925 bits per heavy atom. The highest BCUT2D eigenvalue weighted by Crippen LogP contribution is 2.57. The highest BCUT2D eigenvalue weighted by atomic mass is 16.5. The second-order valence-corrected chi connectivity index (χ2v) is 12.0. The van der Waals surface area contributed by atoms with Crippen molar-refractivity contribution in [1.82, 2.24) is 0 Å². The summed E-state index contributed by atoms with van der Waals surface area (Å²) >= 11 is 0. The van der Waals surface area contributed by atoms with Gasteiger partial charge in [0.05, 0.1) is 19.8 Å². The Morgan fingerprint density at radius 2 is 1.50 bits per heavy atom. The summed E-state index contributed by atoms with van der Waals surface area (Å²) in [5.74, 6) is 0.393. The molecule has 6 nitrogen and oxygen atoms in total. The molecule has 0 spiro atoms. The quantitative estimate of drug-likeness (QED) is 0.160. The Bertz CT molecular complexity index is 1150. The zero-order chi connectivity index (χ0) is 29.5. The second-order valence-electron chi connectivity index (χ2n) is 12.0. The van der Waals surface area contributed by atoms with Crippen molar-refractivity contribution in [3.8, 4) is 11.5 Å². The molecule has 218 valence electrons. The molecule has 0 saturated heterocycles. The van der Waals surface area contributed by atoms with Gasteiger partial charge in [0.25, 0.3) is 0 Å². The topological polar surface area (TPSA) is 78.9 Å². The van der Waals surface area contributed by atoms with E-state index in [4.69, 9.17) is 14.2 Å². The molecule has 3 rings (SSSR count). The molecule has 2 aromatic rings. The highest BCUT2D eigenvalue weighted by molar-refractivity contribution is 6.00. The largest absolute Gasteiger partial charge is 0.493 e. The van der Waals surface area contributed by atoms with Crippen molar-refractivity contribution in [2.24, 2.45) is 16.7 Å². The van der Waals surface area contributed by atoms with Gasteiger partial charge in [0.1, 0.15) is 28.6 Å². The molecule has 1 aliphatic rings. The van der Waals surface area contributed by atoms with Crippen molar-refractivity contribution >= 4 is 17.3 Å². The van der Waals surface area contributed by atoms with E-state index in [1.54, 1.807) is 6.92 Å². The standard InChI is InChI=1S/C34H46O6/c1-8-39-30-17-27(18-31(40-9-2)32(30)24(4)35)23(3)28(15-16-38-20-26-13-11-10-12-14-26)29(37)19-34(25(5)36)21-33(6,7)22-34/h10-14,17-18,23,28H,8-9,15-16,19-22H2,1-7H3/t23-,28?/m1/s1. The molecule has 0 radical (unpaired) electrons. The molecule has 0 aliphatic heterocycles. The second kappa shape index (κ2) is 13.6. The Balaban J connectivity index is 1.91. The molecule has 0 N–H and O–H groups in total. The molecule has 2 aromatic carbocycles. The van der Waals surface area contributed by atoms with Crippen LogP contribution in [0.5, 0.6) is 11.5 Å². The van der Waals surface area contributed by atoms with Crippen LogP contribution in [0.1, 0.15) is 102 Å². The summed E-state index contributed by atoms with van der Waals surface area (Å²) in [5.41, 5.74) is 1.83. The molecule has 1 saturated carbocycles. The lowest BCUT2D eigenvalue weighted by atomic mass is 9.51. The van der Waals surface area contributed by atoms with Gasteiger partial charge in [-0.3, -0.25) is 14.4 Å². The zero-order valence-electron chi connectivity index (χ0n) is 25.3. The Labute approximate surface area is 239 Å². The Morgan fingerprint density at radius 3 is 1.98 bits per heavy atom. The van der Waals surface area contributed by atoms with Gasteiger partial charge < -0.3 is 14.2 Å². The maximum Gasteiger partial charge on any atom is 0.167 e. The monoisotopic (exact) mass is 550 g/mol. The van der Waals surface area contributed by atoms with Gasteiger partial charge in [-0.05, 0) is 81.5 Å². The summed E-state index contributed by atoms with van der Waals surface area (Å²) in [7, 11) is 0. The molecule has 0 heterocycles. The van der Waals surface area contributed by atoms with Crippen LogP contribution in [-0.4, -0.2) is 37.2 Å². The van der Waals surface area contributed by atoms with E-state index in [1.165, 1.54) is 6.92 Å². The van der Waals surface area contributed by atoms with Crippen molar-refractivity contribution in [3.63, 3.8) is 0 Å². The fourth-order valence-electron chi connectivity index (χ4n) is 6.40. The first-order valence-electron chi connectivity index (χ1n) is 14.5. The number of hydrogen-bond acceptors (Lipinski definition) is 6. The van der Waals surface area contributed by atoms with Crippen LogP contribution in [-0.2, 0) is 20.9 Å². The molecular weight excluding hydrogens is 504 g/mol. The molecule has 1 unspecified atom stereocenters. The van der Waals surface area contributed by atoms with Gasteiger partial charge in [0, 0.05) is 24.4 Å². The van der Waals surface area contributed by atoms with Crippen LogP contribution >= 0.6 is 0 Å². The molecule has 40 heavy (non-hydrogen) atoms. The molecule has 0 amide bonds. The summed E-state index contributed by atoms with van der Waals surface area (Å²) < 4.78 is 17.7. The highest BCUT2D eigenvalue weighted by Gasteiger charge is 2.53. The number of benzene rings is 2. The summed E-state index contributed by atoms with van der Waals surface area (Å²) in [6, 6.07) is 13.7. The van der Waals surface area contributed by atoms with Gasteiger partial charge in [-0.25, -0.2) is 0 Å². The average Bonchev–Trinajstić information content (AvgIpc) is 2.87. The van der Waals surface area contributed by atoms with E-state index in [2.05, 4.69) is 13.8 Å². The summed E-state index contributed by atoms with van der Waals surface area (Å²) in [5, 5.41) is 0. The van der Waals surface area contributed by atoms with Crippen LogP contribution in [0.2, 0.25) is 0 Å². The van der Waals surface area contributed by atoms with Gasteiger partial charge in [0.15, 0.2) is 5.78 Å². The smallest absolute Gasteiger partial charge is 0.167 e. The van der Waals surface area contributed by atoms with Crippen LogP contribution in [0.4, 0.5) is 0 Å². The average molecular weight is 551 g/mol. The van der Waals surface area contributed by atoms with Crippen molar-refractivity contribution in [2.45, 2.75) is 86.7 Å². The van der Waals surface area contributed by atoms with Crippen molar-refractivity contribution in [2.75, 3.05) is 19.8 Å². The number of ketones is 3. The lowest BCUT2D eigenvalue weighted by molar-refractivity contribution is -0.147. The molecule has 1 aliphatic carbocycles. The van der Waals surface area contributed by atoms with E-state index in [1.807, 2.05) is 63.2 Å². The maximum absolute atomic E-state index is 14.0. The van der Waals surface area contributed by atoms with Gasteiger partial charge >= 0.3 is 0 Å². The predicted octanol–water partition coefficient (Wildman–Crippen LogP) is 7.37. The normalized spacial score (nSPS) is 16.9. The van der Waals surface area contributed by atoms with Crippen LogP contribution in [0.3, 0.4) is 0 Å². The summed E-state index contributed by atoms with van der Waals surface area (Å²) in [4.78, 5) is 39.3. The lowest BCUT2D eigenvalue weighted by Gasteiger charge is -2.52. The Hall–Kier alpha value is -2.99. The number of carbonyl (C=O) groups is 3. The molecule has 0 aromatic heterocycles. The molecular formula is C34H46O6. The molecule has 0 bridgehead atoms. The predicted molar refractivity (Wildman–Crippen MR) is 157 cm³/mol.